The first-order chi connectivity index (χ1) is 13.2. The Labute approximate surface area is 171 Å². The van der Waals surface area contributed by atoms with Gasteiger partial charge >= 0.3 is 0 Å². The summed E-state index contributed by atoms with van der Waals surface area (Å²) < 4.78 is 2.02. The normalized spacial score (nSPS) is 24.0. The first kappa shape index (κ1) is 19.0. The van der Waals surface area contributed by atoms with Gasteiger partial charge in [0.25, 0.3) is 0 Å². The molecule has 2 aromatic carbocycles. The van der Waals surface area contributed by atoms with E-state index in [1.165, 1.54) is 16.3 Å². The number of carbonyl (C=O) groups is 1. The third kappa shape index (κ3) is 3.29. The van der Waals surface area contributed by atoms with Gasteiger partial charge < -0.3 is 14.8 Å². The summed E-state index contributed by atoms with van der Waals surface area (Å²) in [6.07, 6.45) is 4.71. The van der Waals surface area contributed by atoms with E-state index in [1.54, 1.807) is 0 Å². The van der Waals surface area contributed by atoms with Crippen LogP contribution in [0.4, 0.5) is 0 Å². The number of aryl methyl sites for hydroxylation is 1. The second-order valence-corrected chi connectivity index (χ2v) is 7.70. The number of fused-ring (bicyclic) bond motifs is 1. The first-order valence-electron chi connectivity index (χ1n) is 9.69. The van der Waals surface area contributed by atoms with Crippen molar-refractivity contribution in [3.05, 3.63) is 66.2 Å². The van der Waals surface area contributed by atoms with Crippen molar-refractivity contribution in [2.75, 3.05) is 19.6 Å². The van der Waals surface area contributed by atoms with Gasteiger partial charge in [0, 0.05) is 45.0 Å². The largest absolute Gasteiger partial charge is 0.336 e. The number of amides is 1. The van der Waals surface area contributed by atoms with E-state index in [2.05, 4.69) is 52.8 Å². The number of aromatic nitrogens is 2. The number of hydrogen-bond donors (Lipinski definition) is 1. The van der Waals surface area contributed by atoms with Gasteiger partial charge in [-0.2, -0.15) is 0 Å². The van der Waals surface area contributed by atoms with Gasteiger partial charge in [-0.15, -0.1) is 12.4 Å². The lowest BCUT2D eigenvalue weighted by Crippen LogP contribution is -2.50. The zero-order chi connectivity index (χ0) is 18.4. The van der Waals surface area contributed by atoms with Gasteiger partial charge in [-0.3, -0.25) is 4.79 Å². The fraction of sp³-hybridized carbons (Fsp3) is 0.364. The first-order valence-corrected chi connectivity index (χ1v) is 9.69. The highest BCUT2D eigenvalue weighted by Gasteiger charge is 2.47. The van der Waals surface area contributed by atoms with Crippen molar-refractivity contribution in [3.63, 3.8) is 0 Å². The molecule has 3 aromatic rings. The molecule has 0 spiro atoms. The Bertz CT molecular complexity index is 1000. The molecule has 1 saturated carbocycles. The zero-order valence-electron chi connectivity index (χ0n) is 15.9. The van der Waals surface area contributed by atoms with Gasteiger partial charge in [-0.1, -0.05) is 42.5 Å². The number of carbonyl (C=O) groups excluding carboxylic acids is 1. The van der Waals surface area contributed by atoms with Crippen LogP contribution in [0.5, 0.6) is 0 Å². The van der Waals surface area contributed by atoms with Crippen molar-refractivity contribution in [3.8, 4) is 0 Å². The fourth-order valence-corrected chi connectivity index (χ4v) is 4.38. The lowest BCUT2D eigenvalue weighted by molar-refractivity contribution is -0.136. The van der Waals surface area contributed by atoms with Crippen LogP contribution in [0, 0.1) is 5.92 Å². The van der Waals surface area contributed by atoms with Gasteiger partial charge in [0.1, 0.15) is 11.9 Å². The maximum Gasteiger partial charge on any atom is 0.227 e. The molecule has 5 rings (SSSR count). The highest BCUT2D eigenvalue weighted by molar-refractivity contribution is 5.86. The summed E-state index contributed by atoms with van der Waals surface area (Å²) in [5, 5.41) is 5.91. The topological polar surface area (TPSA) is 50.2 Å². The maximum absolute atomic E-state index is 13.3. The SMILES string of the molecule is Cl.Cn1ccnc1C1CNCCN1C(=O)C1CC1c1ccc2ccccc2c1. The van der Waals surface area contributed by atoms with Crippen LogP contribution in [0.1, 0.15) is 29.8 Å². The summed E-state index contributed by atoms with van der Waals surface area (Å²) in [5.41, 5.74) is 1.29. The van der Waals surface area contributed by atoms with E-state index >= 15 is 0 Å². The molecule has 3 atom stereocenters. The number of benzene rings is 2. The molecule has 1 aliphatic carbocycles. The maximum atomic E-state index is 13.3. The summed E-state index contributed by atoms with van der Waals surface area (Å²) >= 11 is 0. The third-order valence-electron chi connectivity index (χ3n) is 5.99. The number of imidazole rings is 1. The van der Waals surface area contributed by atoms with Crippen LogP contribution in [0.3, 0.4) is 0 Å². The molecule has 3 unspecified atom stereocenters. The predicted octanol–water partition coefficient (Wildman–Crippen LogP) is 3.27. The highest BCUT2D eigenvalue weighted by Crippen LogP contribution is 2.49. The predicted molar refractivity (Wildman–Crippen MR) is 113 cm³/mol. The molecule has 146 valence electrons. The molecule has 6 heteroatoms. The Morgan fingerprint density at radius 3 is 2.79 bits per heavy atom. The molecular formula is C22H25ClN4O. The van der Waals surface area contributed by atoms with E-state index in [0.717, 1.165) is 31.9 Å². The molecule has 5 nitrogen and oxygen atoms in total. The van der Waals surface area contributed by atoms with Crippen molar-refractivity contribution >= 4 is 29.1 Å². The van der Waals surface area contributed by atoms with Gasteiger partial charge in [0.2, 0.25) is 5.91 Å². The molecule has 1 saturated heterocycles. The van der Waals surface area contributed by atoms with E-state index < -0.39 is 0 Å². The van der Waals surface area contributed by atoms with Crippen molar-refractivity contribution in [1.82, 2.24) is 19.8 Å². The lowest BCUT2D eigenvalue weighted by atomic mass is 10.0. The Balaban J connectivity index is 0.00000192. The molecule has 0 radical (unpaired) electrons. The number of nitrogens with zero attached hydrogens (tertiary/aromatic N) is 3. The third-order valence-corrected chi connectivity index (χ3v) is 5.99. The monoisotopic (exact) mass is 396 g/mol. The molecule has 0 bridgehead atoms. The summed E-state index contributed by atoms with van der Waals surface area (Å²) in [5.74, 6) is 1.69. The lowest BCUT2D eigenvalue weighted by Gasteiger charge is -2.36. The fourth-order valence-electron chi connectivity index (χ4n) is 4.38. The molecule has 1 amide bonds. The van der Waals surface area contributed by atoms with Crippen LogP contribution < -0.4 is 5.32 Å². The van der Waals surface area contributed by atoms with Crippen LogP contribution in [0.15, 0.2) is 54.9 Å². The second-order valence-electron chi connectivity index (χ2n) is 7.70. The molecule has 2 aliphatic rings. The number of rotatable bonds is 3. The molecule has 28 heavy (non-hydrogen) atoms. The molecule has 2 heterocycles. The van der Waals surface area contributed by atoms with E-state index in [-0.39, 0.29) is 30.3 Å². The van der Waals surface area contributed by atoms with Crippen molar-refractivity contribution in [1.29, 1.82) is 0 Å². The van der Waals surface area contributed by atoms with Gasteiger partial charge in [-0.25, -0.2) is 4.98 Å². The Hall–Kier alpha value is -2.37. The van der Waals surface area contributed by atoms with Crippen molar-refractivity contribution in [2.24, 2.45) is 13.0 Å². The van der Waals surface area contributed by atoms with Crippen molar-refractivity contribution in [2.45, 2.75) is 18.4 Å². The minimum atomic E-state index is 0. The minimum absolute atomic E-state index is 0. The number of hydrogen-bond acceptors (Lipinski definition) is 3. The van der Waals surface area contributed by atoms with Crippen LogP contribution in [-0.2, 0) is 11.8 Å². The van der Waals surface area contributed by atoms with Crippen LogP contribution in [0.25, 0.3) is 10.8 Å². The molecular weight excluding hydrogens is 372 g/mol. The standard InChI is InChI=1S/C22H24N4O.ClH/c1-25-10-9-24-21(25)20-14-23-8-11-26(20)22(27)19-13-18(19)17-7-6-15-4-2-3-5-16(15)12-17;/h2-7,9-10,12,18-20,23H,8,11,13-14H2,1H3;1H. The van der Waals surface area contributed by atoms with E-state index in [0.29, 0.717) is 5.92 Å². The Kier molecular flexibility index (Phi) is 5.13. The van der Waals surface area contributed by atoms with E-state index in [4.69, 9.17) is 0 Å². The molecule has 1 aliphatic heterocycles. The minimum Gasteiger partial charge on any atom is -0.336 e. The van der Waals surface area contributed by atoms with Crippen molar-refractivity contribution < 1.29 is 4.79 Å². The van der Waals surface area contributed by atoms with Gasteiger partial charge in [0.15, 0.2) is 0 Å². The van der Waals surface area contributed by atoms with Crippen LogP contribution in [0.2, 0.25) is 0 Å². The summed E-state index contributed by atoms with van der Waals surface area (Å²) in [7, 11) is 1.99. The summed E-state index contributed by atoms with van der Waals surface area (Å²) in [6, 6.07) is 15.0. The summed E-state index contributed by atoms with van der Waals surface area (Å²) in [6.45, 7) is 2.36. The number of nitrogens with one attached hydrogen (secondary N) is 1. The molecule has 1 aromatic heterocycles. The van der Waals surface area contributed by atoms with E-state index in [9.17, 15) is 4.79 Å². The average Bonchev–Trinajstić information content (AvgIpc) is 3.40. The van der Waals surface area contributed by atoms with Gasteiger partial charge in [-0.05, 0) is 28.7 Å². The summed E-state index contributed by atoms with van der Waals surface area (Å²) in [4.78, 5) is 19.8. The smallest absolute Gasteiger partial charge is 0.227 e. The molecule has 1 N–H and O–H groups in total. The van der Waals surface area contributed by atoms with Gasteiger partial charge in [0.05, 0.1) is 0 Å². The Morgan fingerprint density at radius 2 is 2.00 bits per heavy atom. The Morgan fingerprint density at radius 1 is 1.18 bits per heavy atom. The molecule has 2 fully saturated rings. The second kappa shape index (κ2) is 7.57. The van der Waals surface area contributed by atoms with Crippen LogP contribution >= 0.6 is 12.4 Å². The quantitative estimate of drug-likeness (QED) is 0.739. The average molecular weight is 397 g/mol. The number of halogens is 1. The highest BCUT2D eigenvalue weighted by atomic mass is 35.5. The van der Waals surface area contributed by atoms with Crippen LogP contribution in [-0.4, -0.2) is 40.0 Å². The zero-order valence-corrected chi connectivity index (χ0v) is 16.7. The number of piperazine rings is 1. The van der Waals surface area contributed by atoms with E-state index in [1.807, 2.05) is 28.9 Å².